The Hall–Kier alpha value is -0.790. The molecule has 0 saturated heterocycles. The van der Waals surface area contributed by atoms with Crippen LogP contribution in [0.25, 0.3) is 0 Å². The van der Waals surface area contributed by atoms with Gasteiger partial charge in [-0.25, -0.2) is 4.98 Å². The normalized spacial score (nSPS) is 12.9. The summed E-state index contributed by atoms with van der Waals surface area (Å²) in [4.78, 5) is 8.88. The smallest absolute Gasteiger partial charge is 0.191 e. The average Bonchev–Trinajstić information content (AvgIpc) is 2.84. The highest BCUT2D eigenvalue weighted by Crippen LogP contribution is 2.01. The van der Waals surface area contributed by atoms with Crippen LogP contribution in [0.1, 0.15) is 46.4 Å². The highest BCUT2D eigenvalue weighted by Gasteiger charge is 2.08. The maximum atomic E-state index is 4.65. The van der Waals surface area contributed by atoms with Gasteiger partial charge in [-0.1, -0.05) is 13.8 Å². The first-order valence-corrected chi connectivity index (χ1v) is 8.07. The molecule has 22 heavy (non-hydrogen) atoms. The van der Waals surface area contributed by atoms with Crippen LogP contribution in [0.15, 0.2) is 17.4 Å². The van der Waals surface area contributed by atoms with Crippen molar-refractivity contribution in [3.05, 3.63) is 18.2 Å². The van der Waals surface area contributed by atoms with Crippen LogP contribution in [0, 0.1) is 12.8 Å². The third-order valence-electron chi connectivity index (χ3n) is 3.71. The van der Waals surface area contributed by atoms with Gasteiger partial charge in [-0.15, -0.1) is 24.0 Å². The van der Waals surface area contributed by atoms with E-state index in [9.17, 15) is 0 Å². The molecule has 1 aromatic rings. The quantitative estimate of drug-likeness (QED) is 0.294. The first kappa shape index (κ1) is 21.2. The minimum Gasteiger partial charge on any atom is -0.357 e. The van der Waals surface area contributed by atoms with Gasteiger partial charge in [0.25, 0.3) is 0 Å². The highest BCUT2D eigenvalue weighted by molar-refractivity contribution is 14.0. The van der Waals surface area contributed by atoms with Crippen LogP contribution in [-0.2, 0) is 6.54 Å². The van der Waals surface area contributed by atoms with Gasteiger partial charge < -0.3 is 15.2 Å². The van der Waals surface area contributed by atoms with E-state index in [-0.39, 0.29) is 24.0 Å². The van der Waals surface area contributed by atoms with E-state index >= 15 is 0 Å². The van der Waals surface area contributed by atoms with E-state index in [1.807, 2.05) is 19.3 Å². The number of imidazole rings is 1. The van der Waals surface area contributed by atoms with Crippen LogP contribution < -0.4 is 10.6 Å². The van der Waals surface area contributed by atoms with Crippen LogP contribution >= 0.6 is 24.0 Å². The number of hydrogen-bond acceptors (Lipinski definition) is 2. The fraction of sp³-hybridized carbons (Fsp3) is 0.750. The third-order valence-corrected chi connectivity index (χ3v) is 3.71. The minimum atomic E-state index is 0. The average molecular weight is 421 g/mol. The van der Waals surface area contributed by atoms with Crippen molar-refractivity contribution in [2.24, 2.45) is 10.9 Å². The summed E-state index contributed by atoms with van der Waals surface area (Å²) in [6, 6.07) is 0.427. The number of aryl methyl sites for hydroxylation is 2. The number of nitrogens with zero attached hydrogens (tertiary/aromatic N) is 3. The van der Waals surface area contributed by atoms with Crippen LogP contribution in [0.2, 0.25) is 0 Å². The number of aliphatic imine (C=N–C) groups is 1. The Kier molecular flexibility index (Phi) is 11.3. The van der Waals surface area contributed by atoms with E-state index in [0.29, 0.717) is 12.0 Å². The summed E-state index contributed by atoms with van der Waals surface area (Å²) in [6.07, 6.45) is 6.10. The molecule has 2 N–H and O–H groups in total. The lowest BCUT2D eigenvalue weighted by Crippen LogP contribution is -2.44. The second-order valence-electron chi connectivity index (χ2n) is 5.81. The number of aromatic nitrogens is 2. The minimum absolute atomic E-state index is 0. The summed E-state index contributed by atoms with van der Waals surface area (Å²) >= 11 is 0. The lowest BCUT2D eigenvalue weighted by molar-refractivity contribution is 0.480. The van der Waals surface area contributed by atoms with Crippen molar-refractivity contribution in [3.63, 3.8) is 0 Å². The Labute approximate surface area is 152 Å². The monoisotopic (exact) mass is 421 g/mol. The molecule has 0 aromatic carbocycles. The van der Waals surface area contributed by atoms with Gasteiger partial charge in [0.05, 0.1) is 0 Å². The third kappa shape index (κ3) is 8.00. The van der Waals surface area contributed by atoms with Crippen LogP contribution in [0.3, 0.4) is 0 Å². The van der Waals surface area contributed by atoms with E-state index in [0.717, 1.165) is 44.3 Å². The molecule has 1 rings (SSSR count). The summed E-state index contributed by atoms with van der Waals surface area (Å²) in [5, 5.41) is 6.76. The predicted octanol–water partition coefficient (Wildman–Crippen LogP) is 3.19. The topological polar surface area (TPSA) is 54.2 Å². The number of unbranched alkanes of at least 4 members (excludes halogenated alkanes) is 1. The zero-order valence-corrected chi connectivity index (χ0v) is 16.9. The standard InChI is InChI=1S/C16H31N5.HI/c1-6-17-16(20-14(4)13(2)3)19-9-7-8-11-21-12-10-18-15(21)5;/h10,12-14H,6-9,11H2,1-5H3,(H2,17,19,20);1H. The zero-order chi connectivity index (χ0) is 15.7. The van der Waals surface area contributed by atoms with Gasteiger partial charge in [0, 0.05) is 38.1 Å². The molecule has 1 atom stereocenters. The Bertz CT molecular complexity index is 428. The summed E-state index contributed by atoms with van der Waals surface area (Å²) in [5.74, 6) is 2.61. The van der Waals surface area contributed by atoms with Crippen molar-refractivity contribution in [3.8, 4) is 0 Å². The number of rotatable bonds is 8. The second kappa shape index (κ2) is 11.7. The first-order valence-electron chi connectivity index (χ1n) is 8.07. The fourth-order valence-electron chi connectivity index (χ4n) is 1.93. The van der Waals surface area contributed by atoms with Crippen molar-refractivity contribution in [2.75, 3.05) is 13.1 Å². The molecule has 0 saturated carbocycles. The molecule has 0 radical (unpaired) electrons. The Morgan fingerprint density at radius 1 is 1.32 bits per heavy atom. The maximum Gasteiger partial charge on any atom is 0.191 e. The van der Waals surface area contributed by atoms with E-state index in [4.69, 9.17) is 0 Å². The summed E-state index contributed by atoms with van der Waals surface area (Å²) in [5.41, 5.74) is 0. The molecular weight excluding hydrogens is 389 g/mol. The zero-order valence-electron chi connectivity index (χ0n) is 14.6. The number of hydrogen-bond donors (Lipinski definition) is 2. The van der Waals surface area contributed by atoms with Crippen molar-refractivity contribution >= 4 is 29.9 Å². The van der Waals surface area contributed by atoms with Gasteiger partial charge in [-0.3, -0.25) is 4.99 Å². The molecule has 1 unspecified atom stereocenters. The molecule has 0 amide bonds. The summed E-state index contributed by atoms with van der Waals surface area (Å²) < 4.78 is 2.19. The molecule has 128 valence electrons. The van der Waals surface area contributed by atoms with Gasteiger partial charge in [0.1, 0.15) is 5.82 Å². The molecule has 1 heterocycles. The highest BCUT2D eigenvalue weighted by atomic mass is 127. The van der Waals surface area contributed by atoms with Gasteiger partial charge in [0.2, 0.25) is 0 Å². The van der Waals surface area contributed by atoms with E-state index in [2.05, 4.69) is 52.9 Å². The van der Waals surface area contributed by atoms with Crippen LogP contribution in [-0.4, -0.2) is 34.6 Å². The first-order chi connectivity index (χ1) is 10.0. The van der Waals surface area contributed by atoms with Crippen LogP contribution in [0.4, 0.5) is 0 Å². The predicted molar refractivity (Wildman–Crippen MR) is 105 cm³/mol. The summed E-state index contributed by atoms with van der Waals surface area (Å²) in [7, 11) is 0. The molecule has 0 fully saturated rings. The molecular formula is C16H32IN5. The van der Waals surface area contributed by atoms with Gasteiger partial charge >= 0.3 is 0 Å². The Balaban J connectivity index is 0.00000441. The number of guanidine groups is 1. The summed E-state index contributed by atoms with van der Waals surface area (Å²) in [6.45, 7) is 13.5. The van der Waals surface area contributed by atoms with Crippen molar-refractivity contribution in [1.82, 2.24) is 20.2 Å². The molecule has 0 spiro atoms. The van der Waals surface area contributed by atoms with E-state index in [1.54, 1.807) is 0 Å². The molecule has 5 nitrogen and oxygen atoms in total. The molecule has 6 heteroatoms. The van der Waals surface area contributed by atoms with Crippen molar-refractivity contribution in [2.45, 2.75) is 60.0 Å². The number of nitrogens with one attached hydrogen (secondary N) is 2. The lowest BCUT2D eigenvalue weighted by Gasteiger charge is -2.20. The van der Waals surface area contributed by atoms with Crippen LogP contribution in [0.5, 0.6) is 0 Å². The Morgan fingerprint density at radius 2 is 2.05 bits per heavy atom. The van der Waals surface area contributed by atoms with Crippen molar-refractivity contribution in [1.29, 1.82) is 0 Å². The molecule has 1 aromatic heterocycles. The van der Waals surface area contributed by atoms with Gasteiger partial charge in [-0.2, -0.15) is 0 Å². The van der Waals surface area contributed by atoms with Crippen molar-refractivity contribution < 1.29 is 0 Å². The van der Waals surface area contributed by atoms with Gasteiger partial charge in [-0.05, 0) is 39.5 Å². The maximum absolute atomic E-state index is 4.65. The molecule has 0 aliphatic heterocycles. The van der Waals surface area contributed by atoms with E-state index < -0.39 is 0 Å². The lowest BCUT2D eigenvalue weighted by atomic mass is 10.1. The largest absolute Gasteiger partial charge is 0.357 e. The molecule has 0 bridgehead atoms. The Morgan fingerprint density at radius 3 is 2.59 bits per heavy atom. The molecule has 0 aliphatic rings. The number of halogens is 1. The van der Waals surface area contributed by atoms with Gasteiger partial charge in [0.15, 0.2) is 5.96 Å². The van der Waals surface area contributed by atoms with E-state index in [1.165, 1.54) is 0 Å². The molecule has 0 aliphatic carbocycles. The second-order valence-corrected chi connectivity index (χ2v) is 5.81. The fourth-order valence-corrected chi connectivity index (χ4v) is 1.93. The SMILES string of the molecule is CCNC(=NCCCCn1ccnc1C)NC(C)C(C)C.I.